The number of nitrogens with zero attached hydrogens (tertiary/aromatic N) is 1. The second kappa shape index (κ2) is 5.78. The number of benzene rings is 1. The number of ketones is 1. The number of hydrogen-bond acceptors (Lipinski definition) is 2. The highest BCUT2D eigenvalue weighted by molar-refractivity contribution is 9.10. The largest absolute Gasteiger partial charge is 0.293 e. The fraction of sp³-hybridized carbons (Fsp3) is 0.500. The fourth-order valence-corrected chi connectivity index (χ4v) is 2.86. The van der Waals surface area contributed by atoms with Crippen LogP contribution in [-0.2, 0) is 0 Å². The van der Waals surface area contributed by atoms with E-state index in [1.165, 1.54) is 19.3 Å². The van der Waals surface area contributed by atoms with Crippen LogP contribution in [0.3, 0.4) is 0 Å². The van der Waals surface area contributed by atoms with E-state index in [0.717, 1.165) is 16.6 Å². The average Bonchev–Trinajstić information content (AvgIpc) is 2.32. The van der Waals surface area contributed by atoms with Gasteiger partial charge in [0.1, 0.15) is 0 Å². The van der Waals surface area contributed by atoms with Crippen molar-refractivity contribution in [1.82, 2.24) is 4.90 Å². The first-order valence-electron chi connectivity index (χ1n) is 6.20. The van der Waals surface area contributed by atoms with E-state index >= 15 is 0 Å². The van der Waals surface area contributed by atoms with Gasteiger partial charge in [0.15, 0.2) is 5.78 Å². The molecule has 3 heteroatoms. The molecule has 1 aromatic rings. The van der Waals surface area contributed by atoms with Gasteiger partial charge in [0, 0.05) is 16.1 Å². The van der Waals surface area contributed by atoms with Crippen molar-refractivity contribution in [1.29, 1.82) is 0 Å². The first-order valence-corrected chi connectivity index (χ1v) is 6.99. The van der Waals surface area contributed by atoms with Gasteiger partial charge in [-0.25, -0.2) is 0 Å². The zero-order chi connectivity index (χ0) is 12.3. The lowest BCUT2D eigenvalue weighted by Gasteiger charge is -2.32. The highest BCUT2D eigenvalue weighted by Gasteiger charge is 2.21. The number of rotatable bonds is 3. The van der Waals surface area contributed by atoms with Crippen LogP contribution in [0.25, 0.3) is 0 Å². The molecule has 92 valence electrons. The molecular formula is C14H18BrNO. The number of Topliss-reactive ketones (excluding diaryl/α,β-unsaturated/α-hetero) is 1. The van der Waals surface area contributed by atoms with E-state index in [-0.39, 0.29) is 5.78 Å². The van der Waals surface area contributed by atoms with Gasteiger partial charge in [0.05, 0.1) is 6.54 Å². The lowest BCUT2D eigenvalue weighted by atomic mass is 10.0. The molecule has 0 bridgehead atoms. The van der Waals surface area contributed by atoms with E-state index in [4.69, 9.17) is 0 Å². The minimum absolute atomic E-state index is 0.214. The third-order valence-electron chi connectivity index (χ3n) is 3.46. The molecule has 1 aromatic carbocycles. The molecule has 1 aliphatic heterocycles. The van der Waals surface area contributed by atoms with Crippen LogP contribution in [0.5, 0.6) is 0 Å². The Morgan fingerprint density at radius 3 is 2.88 bits per heavy atom. The third-order valence-corrected chi connectivity index (χ3v) is 4.15. The van der Waals surface area contributed by atoms with E-state index in [1.54, 1.807) is 0 Å². The summed E-state index contributed by atoms with van der Waals surface area (Å²) in [6.07, 6.45) is 3.72. The standard InChI is InChI=1S/C14H18BrNO/c1-11-6-4-5-9-16(11)10-14(17)12-7-2-3-8-13(12)15/h2-3,7-8,11H,4-6,9-10H2,1H3/t11-/m0/s1. The second-order valence-corrected chi connectivity index (χ2v) is 5.57. The van der Waals surface area contributed by atoms with E-state index in [9.17, 15) is 4.79 Å². The Bertz CT molecular complexity index is 405. The molecule has 1 saturated heterocycles. The van der Waals surface area contributed by atoms with Crippen molar-refractivity contribution in [3.8, 4) is 0 Å². The summed E-state index contributed by atoms with van der Waals surface area (Å²) in [4.78, 5) is 14.5. The normalized spacial score (nSPS) is 21.4. The lowest BCUT2D eigenvalue weighted by molar-refractivity contribution is 0.0859. The molecule has 1 atom stereocenters. The molecule has 0 aliphatic carbocycles. The van der Waals surface area contributed by atoms with Gasteiger partial charge >= 0.3 is 0 Å². The summed E-state index contributed by atoms with van der Waals surface area (Å²) in [6.45, 7) is 3.81. The van der Waals surface area contributed by atoms with E-state index < -0.39 is 0 Å². The first kappa shape index (κ1) is 12.8. The van der Waals surface area contributed by atoms with Crippen molar-refractivity contribution in [2.45, 2.75) is 32.2 Å². The summed E-state index contributed by atoms with van der Waals surface area (Å²) in [6, 6.07) is 8.20. The Balaban J connectivity index is 2.04. The molecule has 0 radical (unpaired) electrons. The number of piperidine rings is 1. The number of carbonyl (C=O) groups is 1. The smallest absolute Gasteiger partial charge is 0.177 e. The fourth-order valence-electron chi connectivity index (χ4n) is 2.35. The van der Waals surface area contributed by atoms with Crippen molar-refractivity contribution in [3.63, 3.8) is 0 Å². The predicted octanol–water partition coefficient (Wildman–Crippen LogP) is 3.51. The molecule has 2 rings (SSSR count). The van der Waals surface area contributed by atoms with E-state index in [2.05, 4.69) is 27.8 Å². The summed E-state index contributed by atoms with van der Waals surface area (Å²) in [5, 5.41) is 0. The van der Waals surface area contributed by atoms with Crippen LogP contribution in [-0.4, -0.2) is 29.8 Å². The Kier molecular flexibility index (Phi) is 4.35. The maximum absolute atomic E-state index is 12.2. The third kappa shape index (κ3) is 3.17. The van der Waals surface area contributed by atoms with Gasteiger partial charge in [0.25, 0.3) is 0 Å². The SMILES string of the molecule is C[C@H]1CCCCN1CC(=O)c1ccccc1Br. The Labute approximate surface area is 111 Å². The molecule has 1 heterocycles. The molecule has 0 spiro atoms. The van der Waals surface area contributed by atoms with Crippen LogP contribution in [0, 0.1) is 0 Å². The number of likely N-dealkylation sites (tertiary alicyclic amines) is 1. The van der Waals surface area contributed by atoms with Crippen molar-refractivity contribution in [2.24, 2.45) is 0 Å². The summed E-state index contributed by atoms with van der Waals surface area (Å²) >= 11 is 3.44. The highest BCUT2D eigenvalue weighted by atomic mass is 79.9. The second-order valence-electron chi connectivity index (χ2n) is 4.72. The zero-order valence-corrected chi connectivity index (χ0v) is 11.7. The summed E-state index contributed by atoms with van der Waals surface area (Å²) in [7, 11) is 0. The molecule has 1 aliphatic rings. The van der Waals surface area contributed by atoms with Crippen LogP contribution in [0.4, 0.5) is 0 Å². The molecule has 0 amide bonds. The van der Waals surface area contributed by atoms with E-state index in [1.807, 2.05) is 24.3 Å². The minimum atomic E-state index is 0.214. The topological polar surface area (TPSA) is 20.3 Å². The van der Waals surface area contributed by atoms with Gasteiger partial charge in [-0.05, 0) is 32.4 Å². The Hall–Kier alpha value is -0.670. The van der Waals surface area contributed by atoms with Gasteiger partial charge < -0.3 is 0 Å². The van der Waals surface area contributed by atoms with Crippen molar-refractivity contribution in [2.75, 3.05) is 13.1 Å². The number of carbonyl (C=O) groups excluding carboxylic acids is 1. The molecule has 1 fully saturated rings. The molecule has 0 aromatic heterocycles. The van der Waals surface area contributed by atoms with Crippen LogP contribution in [0.2, 0.25) is 0 Å². The van der Waals surface area contributed by atoms with Crippen LogP contribution < -0.4 is 0 Å². The van der Waals surface area contributed by atoms with Gasteiger partial charge in [-0.2, -0.15) is 0 Å². The van der Waals surface area contributed by atoms with Crippen LogP contribution in [0.15, 0.2) is 28.7 Å². The highest BCUT2D eigenvalue weighted by Crippen LogP contribution is 2.20. The van der Waals surface area contributed by atoms with Crippen molar-refractivity contribution in [3.05, 3.63) is 34.3 Å². The summed E-state index contributed by atoms with van der Waals surface area (Å²) < 4.78 is 0.898. The maximum atomic E-state index is 12.2. The van der Waals surface area contributed by atoms with Crippen LogP contribution in [0.1, 0.15) is 36.5 Å². The quantitative estimate of drug-likeness (QED) is 0.796. The molecule has 0 saturated carbocycles. The van der Waals surface area contributed by atoms with Gasteiger partial charge in [-0.3, -0.25) is 9.69 Å². The first-order chi connectivity index (χ1) is 8.18. The number of halogens is 1. The Morgan fingerprint density at radius 1 is 1.41 bits per heavy atom. The van der Waals surface area contributed by atoms with Gasteiger partial charge in [-0.1, -0.05) is 40.5 Å². The zero-order valence-electron chi connectivity index (χ0n) is 10.2. The van der Waals surface area contributed by atoms with Gasteiger partial charge in [-0.15, -0.1) is 0 Å². The summed E-state index contributed by atoms with van der Waals surface area (Å²) in [5.41, 5.74) is 0.797. The maximum Gasteiger partial charge on any atom is 0.177 e. The van der Waals surface area contributed by atoms with Crippen LogP contribution >= 0.6 is 15.9 Å². The minimum Gasteiger partial charge on any atom is -0.293 e. The molecule has 0 unspecified atom stereocenters. The lowest BCUT2D eigenvalue weighted by Crippen LogP contribution is -2.40. The monoisotopic (exact) mass is 295 g/mol. The van der Waals surface area contributed by atoms with Crippen molar-refractivity contribution < 1.29 is 4.79 Å². The Morgan fingerprint density at radius 2 is 2.18 bits per heavy atom. The molecular weight excluding hydrogens is 278 g/mol. The molecule has 2 nitrogen and oxygen atoms in total. The summed E-state index contributed by atoms with van der Waals surface area (Å²) in [5.74, 6) is 0.214. The van der Waals surface area contributed by atoms with Crippen molar-refractivity contribution >= 4 is 21.7 Å². The number of hydrogen-bond donors (Lipinski definition) is 0. The molecule has 0 N–H and O–H groups in total. The van der Waals surface area contributed by atoms with E-state index in [0.29, 0.717) is 12.6 Å². The van der Waals surface area contributed by atoms with Gasteiger partial charge in [0.2, 0.25) is 0 Å². The predicted molar refractivity (Wildman–Crippen MR) is 73.4 cm³/mol. The average molecular weight is 296 g/mol. The molecule has 17 heavy (non-hydrogen) atoms.